The van der Waals surface area contributed by atoms with Crippen molar-refractivity contribution in [1.82, 2.24) is 10.2 Å². The Balaban J connectivity index is 1.94. The maximum atomic E-state index is 12.3. The van der Waals surface area contributed by atoms with Gasteiger partial charge in [-0.05, 0) is 19.9 Å². The Labute approximate surface area is 97.3 Å². The fourth-order valence-electron chi connectivity index (χ4n) is 2.61. The van der Waals surface area contributed by atoms with E-state index in [1.807, 2.05) is 11.9 Å². The number of ether oxygens (including phenoxy) is 1. The van der Waals surface area contributed by atoms with E-state index in [4.69, 9.17) is 4.74 Å². The summed E-state index contributed by atoms with van der Waals surface area (Å²) in [6, 6.07) is 0.204. The van der Waals surface area contributed by atoms with Crippen LogP contribution in [0.5, 0.6) is 0 Å². The van der Waals surface area contributed by atoms with E-state index in [0.717, 1.165) is 25.9 Å². The molecule has 4 heteroatoms. The van der Waals surface area contributed by atoms with Gasteiger partial charge in [0.2, 0.25) is 5.91 Å². The Hall–Kier alpha value is -0.610. The highest BCUT2D eigenvalue weighted by atomic mass is 16.5. The smallest absolute Gasteiger partial charge is 0.229 e. The summed E-state index contributed by atoms with van der Waals surface area (Å²) in [5.74, 6) is 0.321. The van der Waals surface area contributed by atoms with E-state index in [9.17, 15) is 4.79 Å². The van der Waals surface area contributed by atoms with Gasteiger partial charge in [-0.15, -0.1) is 0 Å². The molecule has 0 radical (unpaired) electrons. The molecule has 0 spiro atoms. The molecule has 2 rings (SSSR count). The SMILES string of the molecule is CNC1COCC1C(=O)N1CCCCCC1. The normalized spacial score (nSPS) is 31.4. The highest BCUT2D eigenvalue weighted by Crippen LogP contribution is 2.19. The third-order valence-electron chi connectivity index (χ3n) is 3.69. The molecule has 1 N–H and O–H groups in total. The van der Waals surface area contributed by atoms with Gasteiger partial charge in [0, 0.05) is 19.1 Å². The molecule has 0 saturated carbocycles. The van der Waals surface area contributed by atoms with Crippen LogP contribution in [-0.4, -0.2) is 50.2 Å². The first kappa shape index (κ1) is 11.9. The largest absolute Gasteiger partial charge is 0.379 e. The van der Waals surface area contributed by atoms with Crippen LogP contribution in [-0.2, 0) is 9.53 Å². The molecule has 2 heterocycles. The molecular formula is C12H22N2O2. The maximum Gasteiger partial charge on any atom is 0.229 e. The minimum Gasteiger partial charge on any atom is -0.379 e. The van der Waals surface area contributed by atoms with E-state index in [-0.39, 0.29) is 12.0 Å². The molecule has 4 nitrogen and oxygen atoms in total. The molecule has 0 aromatic rings. The second kappa shape index (κ2) is 5.64. The van der Waals surface area contributed by atoms with Gasteiger partial charge in [-0.2, -0.15) is 0 Å². The number of nitrogens with one attached hydrogen (secondary N) is 1. The van der Waals surface area contributed by atoms with Crippen LogP contribution in [0.15, 0.2) is 0 Å². The first-order valence-corrected chi connectivity index (χ1v) is 6.36. The summed E-state index contributed by atoms with van der Waals surface area (Å²) >= 11 is 0. The van der Waals surface area contributed by atoms with Crippen molar-refractivity contribution in [3.8, 4) is 0 Å². The molecule has 0 bridgehead atoms. The number of carbonyl (C=O) groups is 1. The van der Waals surface area contributed by atoms with E-state index in [2.05, 4.69) is 5.32 Å². The van der Waals surface area contributed by atoms with Gasteiger partial charge in [0.25, 0.3) is 0 Å². The fraction of sp³-hybridized carbons (Fsp3) is 0.917. The quantitative estimate of drug-likeness (QED) is 0.750. The van der Waals surface area contributed by atoms with Crippen LogP contribution in [0, 0.1) is 5.92 Å². The van der Waals surface area contributed by atoms with Crippen LogP contribution in [0.25, 0.3) is 0 Å². The van der Waals surface area contributed by atoms with Crippen molar-refractivity contribution in [2.45, 2.75) is 31.7 Å². The van der Waals surface area contributed by atoms with Crippen molar-refractivity contribution < 1.29 is 9.53 Å². The lowest BCUT2D eigenvalue weighted by Gasteiger charge is -2.26. The Morgan fingerprint density at radius 2 is 1.88 bits per heavy atom. The minimum atomic E-state index is 0.0306. The van der Waals surface area contributed by atoms with Crippen molar-refractivity contribution in [2.24, 2.45) is 5.92 Å². The first-order chi connectivity index (χ1) is 7.83. The Morgan fingerprint density at radius 3 is 2.50 bits per heavy atom. The summed E-state index contributed by atoms with van der Waals surface area (Å²) in [6.07, 6.45) is 4.84. The third kappa shape index (κ3) is 2.55. The van der Waals surface area contributed by atoms with Crippen molar-refractivity contribution in [1.29, 1.82) is 0 Å². The second-order valence-corrected chi connectivity index (χ2v) is 4.78. The molecule has 2 unspecified atom stereocenters. The van der Waals surface area contributed by atoms with Crippen LogP contribution in [0.3, 0.4) is 0 Å². The Morgan fingerprint density at radius 1 is 1.19 bits per heavy atom. The average Bonchev–Trinajstić information content (AvgIpc) is 2.61. The van der Waals surface area contributed by atoms with Crippen LogP contribution in [0.1, 0.15) is 25.7 Å². The average molecular weight is 226 g/mol. The number of carbonyl (C=O) groups excluding carboxylic acids is 1. The van der Waals surface area contributed by atoms with Gasteiger partial charge in [0.1, 0.15) is 0 Å². The summed E-state index contributed by atoms with van der Waals surface area (Å²) < 4.78 is 5.39. The maximum absolute atomic E-state index is 12.3. The lowest BCUT2D eigenvalue weighted by atomic mass is 10.0. The Bertz CT molecular complexity index is 237. The molecule has 2 saturated heterocycles. The number of rotatable bonds is 2. The van der Waals surface area contributed by atoms with Gasteiger partial charge >= 0.3 is 0 Å². The van der Waals surface area contributed by atoms with Crippen molar-refractivity contribution in [3.63, 3.8) is 0 Å². The number of amides is 1. The van der Waals surface area contributed by atoms with Gasteiger partial charge in [-0.3, -0.25) is 4.79 Å². The number of hydrogen-bond acceptors (Lipinski definition) is 3. The summed E-state index contributed by atoms with van der Waals surface area (Å²) in [6.45, 7) is 3.12. The monoisotopic (exact) mass is 226 g/mol. The zero-order valence-corrected chi connectivity index (χ0v) is 10.1. The zero-order chi connectivity index (χ0) is 11.4. The molecule has 2 atom stereocenters. The molecular weight excluding hydrogens is 204 g/mol. The molecule has 2 aliphatic rings. The second-order valence-electron chi connectivity index (χ2n) is 4.78. The predicted octanol–water partition coefficient (Wildman–Crippen LogP) is 0.623. The van der Waals surface area contributed by atoms with Gasteiger partial charge in [0.05, 0.1) is 19.1 Å². The topological polar surface area (TPSA) is 41.6 Å². The lowest BCUT2D eigenvalue weighted by molar-refractivity contribution is -0.135. The number of hydrogen-bond donors (Lipinski definition) is 1. The van der Waals surface area contributed by atoms with Gasteiger partial charge in [-0.25, -0.2) is 0 Å². The molecule has 2 aliphatic heterocycles. The fourth-order valence-corrected chi connectivity index (χ4v) is 2.61. The van der Waals surface area contributed by atoms with E-state index >= 15 is 0 Å². The van der Waals surface area contributed by atoms with E-state index < -0.39 is 0 Å². The van der Waals surface area contributed by atoms with E-state index in [1.165, 1.54) is 12.8 Å². The van der Waals surface area contributed by atoms with Gasteiger partial charge in [-0.1, -0.05) is 12.8 Å². The standard InChI is InChI=1S/C12H22N2O2/c1-13-11-9-16-8-10(11)12(15)14-6-4-2-3-5-7-14/h10-11,13H,2-9H2,1H3. The van der Waals surface area contributed by atoms with Gasteiger partial charge in [0.15, 0.2) is 0 Å². The Kier molecular flexibility index (Phi) is 4.18. The molecule has 2 fully saturated rings. The third-order valence-corrected chi connectivity index (χ3v) is 3.69. The lowest BCUT2D eigenvalue weighted by Crippen LogP contribution is -2.45. The number of likely N-dealkylation sites (tertiary alicyclic amines) is 1. The van der Waals surface area contributed by atoms with Crippen LogP contribution in [0.2, 0.25) is 0 Å². The minimum absolute atomic E-state index is 0.0306. The molecule has 16 heavy (non-hydrogen) atoms. The van der Waals surface area contributed by atoms with Crippen LogP contribution < -0.4 is 5.32 Å². The molecule has 92 valence electrons. The number of likely N-dealkylation sites (N-methyl/N-ethyl adjacent to an activating group) is 1. The summed E-state index contributed by atoms with van der Waals surface area (Å²) in [5.41, 5.74) is 0. The van der Waals surface area contributed by atoms with E-state index in [1.54, 1.807) is 0 Å². The molecule has 0 aromatic heterocycles. The summed E-state index contributed by atoms with van der Waals surface area (Å²) in [4.78, 5) is 14.4. The molecule has 1 amide bonds. The number of nitrogens with zero attached hydrogens (tertiary/aromatic N) is 1. The molecule has 0 aromatic carbocycles. The van der Waals surface area contributed by atoms with Crippen molar-refractivity contribution in [3.05, 3.63) is 0 Å². The van der Waals surface area contributed by atoms with E-state index in [0.29, 0.717) is 19.1 Å². The van der Waals surface area contributed by atoms with Crippen LogP contribution in [0.4, 0.5) is 0 Å². The first-order valence-electron chi connectivity index (χ1n) is 6.36. The summed E-state index contributed by atoms with van der Waals surface area (Å²) in [5, 5.41) is 3.18. The highest BCUT2D eigenvalue weighted by molar-refractivity contribution is 5.80. The molecule has 0 aliphatic carbocycles. The summed E-state index contributed by atoms with van der Waals surface area (Å²) in [7, 11) is 1.90. The van der Waals surface area contributed by atoms with Crippen LogP contribution >= 0.6 is 0 Å². The zero-order valence-electron chi connectivity index (χ0n) is 10.1. The van der Waals surface area contributed by atoms with Crippen molar-refractivity contribution in [2.75, 3.05) is 33.4 Å². The van der Waals surface area contributed by atoms with Gasteiger partial charge < -0.3 is 15.0 Å². The predicted molar refractivity (Wildman–Crippen MR) is 62.2 cm³/mol. The highest BCUT2D eigenvalue weighted by Gasteiger charge is 2.35. The van der Waals surface area contributed by atoms with Crippen molar-refractivity contribution >= 4 is 5.91 Å².